The minimum atomic E-state index is -2.27. The summed E-state index contributed by atoms with van der Waals surface area (Å²) in [5.41, 5.74) is -1.27. The molecule has 0 saturated carbocycles. The summed E-state index contributed by atoms with van der Waals surface area (Å²) in [5.74, 6) is -11.3. The number of carbonyl (C=O) groups excluding carboxylic acids is 1. The van der Waals surface area contributed by atoms with Crippen LogP contribution in [0.15, 0.2) is 36.0 Å². The Morgan fingerprint density at radius 3 is 1.96 bits per heavy atom. The largest absolute Gasteiger partial charge is 0.327 e. The van der Waals surface area contributed by atoms with Crippen molar-refractivity contribution in [2.75, 3.05) is 4.90 Å². The first kappa shape index (κ1) is 17.0. The summed E-state index contributed by atoms with van der Waals surface area (Å²) in [6, 6.07) is 8.10. The third kappa shape index (κ3) is 2.76. The number of hydrogen-bond donors (Lipinski definition) is 1. The lowest BCUT2D eigenvalue weighted by molar-refractivity contribution is -0.113. The van der Waals surface area contributed by atoms with E-state index in [-0.39, 0.29) is 5.11 Å². The van der Waals surface area contributed by atoms with Gasteiger partial charge in [0, 0.05) is 0 Å². The first-order valence-electron chi connectivity index (χ1n) is 6.76. The molecule has 1 fully saturated rings. The van der Waals surface area contributed by atoms with Crippen LogP contribution in [0.5, 0.6) is 0 Å². The number of benzene rings is 2. The number of rotatable bonds is 2. The molecule has 1 amide bonds. The highest BCUT2D eigenvalue weighted by atomic mass is 32.1. The molecule has 1 aliphatic heterocycles. The number of thiocarbonyl (C=S) groups is 1. The number of nitrogens with one attached hydrogen (secondary N) is 1. The number of amides is 1. The molecular weight excluding hydrogens is 363 g/mol. The summed E-state index contributed by atoms with van der Waals surface area (Å²) in [6.07, 6.45) is 0.536. The molecule has 1 aliphatic rings. The van der Waals surface area contributed by atoms with E-state index in [0.29, 0.717) is 11.8 Å². The van der Waals surface area contributed by atoms with Crippen LogP contribution in [0.3, 0.4) is 0 Å². The van der Waals surface area contributed by atoms with E-state index in [1.165, 1.54) is 0 Å². The maximum absolute atomic E-state index is 13.7. The highest BCUT2D eigenvalue weighted by Crippen LogP contribution is 2.27. The van der Waals surface area contributed by atoms with Gasteiger partial charge in [-0.1, -0.05) is 18.2 Å². The van der Waals surface area contributed by atoms with Gasteiger partial charge >= 0.3 is 0 Å². The summed E-state index contributed by atoms with van der Waals surface area (Å²) in [7, 11) is 0. The zero-order chi connectivity index (χ0) is 18.3. The van der Waals surface area contributed by atoms with E-state index in [2.05, 4.69) is 5.32 Å². The van der Waals surface area contributed by atoms with Crippen LogP contribution < -0.4 is 10.2 Å². The topological polar surface area (TPSA) is 32.3 Å². The zero-order valence-corrected chi connectivity index (χ0v) is 12.9. The zero-order valence-electron chi connectivity index (χ0n) is 12.1. The van der Waals surface area contributed by atoms with E-state index in [0.717, 1.165) is 4.90 Å². The number of carbonyl (C=O) groups is 1. The SMILES string of the molecule is O=C1/C(=C\c2c(F)c(F)c(F)c(F)c2F)NC(=S)N1c1ccccc1. The van der Waals surface area contributed by atoms with Gasteiger partial charge in [-0.2, -0.15) is 0 Å². The molecule has 3 nitrogen and oxygen atoms in total. The summed E-state index contributed by atoms with van der Waals surface area (Å²) in [5, 5.41) is 2.31. The summed E-state index contributed by atoms with van der Waals surface area (Å²) in [4.78, 5) is 13.4. The molecule has 128 valence electrons. The number of halogens is 5. The lowest BCUT2D eigenvalue weighted by Gasteiger charge is -2.13. The van der Waals surface area contributed by atoms with Crippen molar-refractivity contribution < 1.29 is 26.7 Å². The van der Waals surface area contributed by atoms with Gasteiger partial charge in [-0.05, 0) is 30.4 Å². The molecule has 0 aliphatic carbocycles. The lowest BCUT2D eigenvalue weighted by atomic mass is 10.1. The van der Waals surface area contributed by atoms with Gasteiger partial charge < -0.3 is 5.32 Å². The highest BCUT2D eigenvalue weighted by molar-refractivity contribution is 7.80. The normalized spacial score (nSPS) is 15.9. The van der Waals surface area contributed by atoms with E-state index >= 15 is 0 Å². The molecule has 3 rings (SSSR count). The molecule has 25 heavy (non-hydrogen) atoms. The van der Waals surface area contributed by atoms with Crippen molar-refractivity contribution in [2.45, 2.75) is 0 Å². The van der Waals surface area contributed by atoms with Crippen molar-refractivity contribution in [1.29, 1.82) is 0 Å². The summed E-state index contributed by atoms with van der Waals surface area (Å²) >= 11 is 4.99. The van der Waals surface area contributed by atoms with E-state index in [1.54, 1.807) is 30.3 Å². The molecular formula is C16H7F5N2OS. The van der Waals surface area contributed by atoms with Gasteiger partial charge in [0.1, 0.15) is 5.70 Å². The minimum Gasteiger partial charge on any atom is -0.327 e. The quantitative estimate of drug-likeness (QED) is 0.288. The predicted molar refractivity (Wildman–Crippen MR) is 83.9 cm³/mol. The number of anilines is 1. The van der Waals surface area contributed by atoms with Crippen LogP contribution in [0.25, 0.3) is 6.08 Å². The van der Waals surface area contributed by atoms with Crippen molar-refractivity contribution in [3.8, 4) is 0 Å². The standard InChI is InChI=1S/C16H7F5N2OS/c17-10-8(11(18)13(20)14(21)12(10)19)6-9-15(24)23(16(25)22-9)7-4-2-1-3-5-7/h1-6H,(H,22,25)/b9-6+. The molecule has 2 aromatic rings. The molecule has 1 N–H and O–H groups in total. The Balaban J connectivity index is 2.07. The van der Waals surface area contributed by atoms with Crippen molar-refractivity contribution in [2.24, 2.45) is 0 Å². The molecule has 1 saturated heterocycles. The molecule has 0 aromatic heterocycles. The molecule has 0 spiro atoms. The van der Waals surface area contributed by atoms with Gasteiger partial charge in [-0.3, -0.25) is 9.69 Å². The summed E-state index contributed by atoms with van der Waals surface area (Å²) in [6.45, 7) is 0. The fraction of sp³-hybridized carbons (Fsp3) is 0. The smallest absolute Gasteiger partial charge is 0.281 e. The van der Waals surface area contributed by atoms with Gasteiger partial charge in [-0.15, -0.1) is 0 Å². The van der Waals surface area contributed by atoms with Gasteiger partial charge in [-0.25, -0.2) is 22.0 Å². The van der Waals surface area contributed by atoms with Crippen LogP contribution in [0.1, 0.15) is 5.56 Å². The van der Waals surface area contributed by atoms with E-state index in [9.17, 15) is 26.7 Å². The molecule has 0 atom stereocenters. The average molecular weight is 370 g/mol. The van der Waals surface area contributed by atoms with Crippen molar-refractivity contribution in [3.63, 3.8) is 0 Å². The Morgan fingerprint density at radius 1 is 0.880 bits per heavy atom. The lowest BCUT2D eigenvalue weighted by Crippen LogP contribution is -2.30. The molecule has 0 radical (unpaired) electrons. The Hall–Kier alpha value is -2.81. The summed E-state index contributed by atoms with van der Waals surface area (Å²) < 4.78 is 67.1. The van der Waals surface area contributed by atoms with Crippen molar-refractivity contribution in [3.05, 3.63) is 70.7 Å². The highest BCUT2D eigenvalue weighted by Gasteiger charge is 2.33. The third-order valence-electron chi connectivity index (χ3n) is 3.43. The second-order valence-electron chi connectivity index (χ2n) is 4.95. The number of nitrogens with zero attached hydrogens (tertiary/aromatic N) is 1. The Morgan fingerprint density at radius 2 is 1.40 bits per heavy atom. The number of hydrogen-bond acceptors (Lipinski definition) is 2. The fourth-order valence-electron chi connectivity index (χ4n) is 2.24. The second-order valence-corrected chi connectivity index (χ2v) is 5.33. The Labute approximate surface area is 143 Å². The van der Waals surface area contributed by atoms with Crippen LogP contribution in [0.2, 0.25) is 0 Å². The van der Waals surface area contributed by atoms with Gasteiger partial charge in [0.25, 0.3) is 5.91 Å². The van der Waals surface area contributed by atoms with Crippen LogP contribution in [-0.2, 0) is 4.79 Å². The molecule has 1 heterocycles. The van der Waals surface area contributed by atoms with Gasteiger partial charge in [0.2, 0.25) is 5.82 Å². The third-order valence-corrected chi connectivity index (χ3v) is 3.71. The van der Waals surface area contributed by atoms with Crippen LogP contribution in [-0.4, -0.2) is 11.0 Å². The first-order chi connectivity index (χ1) is 11.8. The fourth-order valence-corrected chi connectivity index (χ4v) is 2.54. The van der Waals surface area contributed by atoms with Crippen LogP contribution >= 0.6 is 12.2 Å². The molecule has 0 unspecified atom stereocenters. The predicted octanol–water partition coefficient (Wildman–Crippen LogP) is 3.64. The molecule has 0 bridgehead atoms. The van der Waals surface area contributed by atoms with E-state index in [1.807, 2.05) is 0 Å². The van der Waals surface area contributed by atoms with E-state index < -0.39 is 46.3 Å². The maximum atomic E-state index is 13.7. The number of para-hydroxylation sites is 1. The molecule has 9 heteroatoms. The van der Waals surface area contributed by atoms with E-state index in [4.69, 9.17) is 12.2 Å². The van der Waals surface area contributed by atoms with Crippen molar-refractivity contribution in [1.82, 2.24) is 5.32 Å². The van der Waals surface area contributed by atoms with Crippen molar-refractivity contribution >= 4 is 35.0 Å². The van der Waals surface area contributed by atoms with Gasteiger partial charge in [0.15, 0.2) is 28.4 Å². The van der Waals surface area contributed by atoms with Gasteiger partial charge in [0.05, 0.1) is 11.3 Å². The minimum absolute atomic E-state index is 0.0914. The average Bonchev–Trinajstić information content (AvgIpc) is 2.89. The second kappa shape index (κ2) is 6.25. The Bertz CT molecular complexity index is 901. The first-order valence-corrected chi connectivity index (χ1v) is 7.17. The van der Waals surface area contributed by atoms with Crippen LogP contribution in [0.4, 0.5) is 27.6 Å². The Kier molecular flexibility index (Phi) is 4.25. The molecule has 2 aromatic carbocycles. The van der Waals surface area contributed by atoms with Crippen LogP contribution in [0, 0.1) is 29.1 Å². The maximum Gasteiger partial charge on any atom is 0.281 e. The monoisotopic (exact) mass is 370 g/mol.